The number of nitrogens with zero attached hydrogens (tertiary/aromatic N) is 3. The second-order valence-electron chi connectivity index (χ2n) is 6.86. The Balaban J connectivity index is 2.07. The average molecular weight is 504 g/mol. The molecule has 0 aliphatic rings. The molecule has 1 heterocycles. The molecule has 0 saturated heterocycles. The van der Waals surface area contributed by atoms with E-state index in [4.69, 9.17) is 11.6 Å². The molecule has 2 aromatic carbocycles. The van der Waals surface area contributed by atoms with Gasteiger partial charge in [0.25, 0.3) is 0 Å². The van der Waals surface area contributed by atoms with Crippen molar-refractivity contribution in [2.75, 3.05) is 13.1 Å². The molecule has 32 heavy (non-hydrogen) atoms. The van der Waals surface area contributed by atoms with Gasteiger partial charge in [-0.3, -0.25) is 0 Å². The van der Waals surface area contributed by atoms with Crippen molar-refractivity contribution in [1.82, 2.24) is 8.87 Å². The van der Waals surface area contributed by atoms with Gasteiger partial charge in [0.05, 0.1) is 22.0 Å². The highest BCUT2D eigenvalue weighted by molar-refractivity contribution is 7.89. The number of benzene rings is 2. The van der Waals surface area contributed by atoms with Gasteiger partial charge in [-0.15, -0.1) is 11.3 Å². The van der Waals surface area contributed by atoms with Crippen molar-refractivity contribution in [3.8, 4) is 11.3 Å². The maximum atomic E-state index is 13.0. The van der Waals surface area contributed by atoms with E-state index in [-0.39, 0.29) is 15.6 Å². The van der Waals surface area contributed by atoms with Gasteiger partial charge in [0, 0.05) is 31.1 Å². The van der Waals surface area contributed by atoms with Gasteiger partial charge in [-0.05, 0) is 30.3 Å². The fourth-order valence-corrected chi connectivity index (χ4v) is 6.04. The number of hydrogen-bond donors (Lipinski definition) is 0. The summed E-state index contributed by atoms with van der Waals surface area (Å²) in [5.41, 5.74) is 0.657. The summed E-state index contributed by atoms with van der Waals surface area (Å²) < 4.78 is 67.9. The largest absolute Gasteiger partial charge is 0.416 e. The normalized spacial score (nSPS) is 13.2. The van der Waals surface area contributed by atoms with Crippen LogP contribution in [0.5, 0.6) is 0 Å². The van der Waals surface area contributed by atoms with Crippen molar-refractivity contribution in [1.29, 1.82) is 0 Å². The molecule has 0 radical (unpaired) electrons. The van der Waals surface area contributed by atoms with E-state index in [2.05, 4.69) is 4.99 Å². The lowest BCUT2D eigenvalue weighted by molar-refractivity contribution is -0.137. The Morgan fingerprint density at radius 1 is 1.12 bits per heavy atom. The van der Waals surface area contributed by atoms with E-state index >= 15 is 0 Å². The first-order chi connectivity index (χ1) is 15.0. The standard InChI is InChI=1S/C21H21ClF3N3O2S2/c1-4-28(5-2)32(29,30)19-11-14(9-10-17(19)22)18-13-31-20(27(18)3)26-16-8-6-7-15(12-16)21(23,24)25/h6-13H,4-5H2,1-3H3. The summed E-state index contributed by atoms with van der Waals surface area (Å²) in [6, 6.07) is 9.49. The lowest BCUT2D eigenvalue weighted by atomic mass is 10.2. The Morgan fingerprint density at radius 3 is 2.44 bits per heavy atom. The van der Waals surface area contributed by atoms with Crippen LogP contribution in [0.1, 0.15) is 19.4 Å². The van der Waals surface area contributed by atoms with Crippen LogP contribution in [0.25, 0.3) is 11.3 Å². The summed E-state index contributed by atoms with van der Waals surface area (Å²) >= 11 is 7.44. The molecule has 0 amide bonds. The first-order valence-corrected chi connectivity index (χ1v) is 12.3. The second-order valence-corrected chi connectivity index (χ2v) is 10.0. The fourth-order valence-electron chi connectivity index (χ4n) is 3.16. The van der Waals surface area contributed by atoms with Gasteiger partial charge in [0.2, 0.25) is 10.0 Å². The maximum Gasteiger partial charge on any atom is 0.416 e. The van der Waals surface area contributed by atoms with Crippen LogP contribution in [0.2, 0.25) is 5.02 Å². The van der Waals surface area contributed by atoms with Gasteiger partial charge < -0.3 is 4.57 Å². The first kappa shape index (κ1) is 24.5. The van der Waals surface area contributed by atoms with E-state index < -0.39 is 21.8 Å². The van der Waals surface area contributed by atoms with Crippen molar-refractivity contribution in [3.05, 3.63) is 63.2 Å². The predicted molar refractivity (Wildman–Crippen MR) is 121 cm³/mol. The summed E-state index contributed by atoms with van der Waals surface area (Å²) in [4.78, 5) is 4.80. The first-order valence-electron chi connectivity index (χ1n) is 9.65. The van der Waals surface area contributed by atoms with E-state index in [9.17, 15) is 21.6 Å². The highest BCUT2D eigenvalue weighted by atomic mass is 35.5. The molecule has 0 saturated carbocycles. The highest BCUT2D eigenvalue weighted by Crippen LogP contribution is 2.32. The minimum absolute atomic E-state index is 0.00272. The number of halogens is 4. The molecule has 0 bridgehead atoms. The second kappa shape index (κ2) is 9.38. The van der Waals surface area contributed by atoms with Gasteiger partial charge in [-0.25, -0.2) is 13.4 Å². The third kappa shape index (κ3) is 4.93. The van der Waals surface area contributed by atoms with Crippen LogP contribution in [-0.4, -0.2) is 30.4 Å². The van der Waals surface area contributed by atoms with Gasteiger partial charge in [-0.1, -0.05) is 37.6 Å². The molecular weight excluding hydrogens is 483 g/mol. The third-order valence-corrected chi connectivity index (χ3v) is 8.32. The van der Waals surface area contributed by atoms with Crippen molar-refractivity contribution >= 4 is 38.6 Å². The van der Waals surface area contributed by atoms with Gasteiger partial charge >= 0.3 is 6.18 Å². The molecular formula is C21H21ClF3N3O2S2. The zero-order chi connectivity index (χ0) is 23.7. The van der Waals surface area contributed by atoms with Crippen LogP contribution < -0.4 is 4.80 Å². The number of aromatic nitrogens is 1. The van der Waals surface area contributed by atoms with Crippen LogP contribution in [0, 0.1) is 0 Å². The maximum absolute atomic E-state index is 13.0. The van der Waals surface area contributed by atoms with Crippen molar-refractivity contribution in [3.63, 3.8) is 0 Å². The Bertz CT molecular complexity index is 1290. The van der Waals surface area contributed by atoms with E-state index in [1.54, 1.807) is 36.9 Å². The van der Waals surface area contributed by atoms with Crippen LogP contribution in [-0.2, 0) is 23.2 Å². The van der Waals surface area contributed by atoms with Crippen molar-refractivity contribution in [2.45, 2.75) is 24.9 Å². The number of sulfonamides is 1. The Kier molecular flexibility index (Phi) is 7.18. The molecule has 0 unspecified atom stereocenters. The molecule has 0 aliphatic heterocycles. The molecule has 0 N–H and O–H groups in total. The van der Waals surface area contributed by atoms with Crippen LogP contribution in [0.4, 0.5) is 18.9 Å². The molecule has 3 rings (SSSR count). The number of rotatable bonds is 6. The Hall–Kier alpha value is -2.14. The van der Waals surface area contributed by atoms with Crippen LogP contribution in [0.3, 0.4) is 0 Å². The van der Waals surface area contributed by atoms with Gasteiger partial charge in [0.15, 0.2) is 4.80 Å². The van der Waals surface area contributed by atoms with Crippen molar-refractivity contribution in [2.24, 2.45) is 12.0 Å². The SMILES string of the molecule is CCN(CC)S(=O)(=O)c1cc(-c2csc(=Nc3cccc(C(F)(F)F)c3)n2C)ccc1Cl. The minimum Gasteiger partial charge on any atom is -0.320 e. The Labute approximate surface area is 193 Å². The van der Waals surface area contributed by atoms with E-state index in [0.29, 0.717) is 29.1 Å². The fraction of sp³-hybridized carbons (Fsp3) is 0.286. The quantitative estimate of drug-likeness (QED) is 0.434. The van der Waals surface area contributed by atoms with E-state index in [0.717, 1.165) is 12.1 Å². The summed E-state index contributed by atoms with van der Waals surface area (Å²) in [7, 11) is -2.06. The predicted octanol–water partition coefficient (Wildman–Crippen LogP) is 5.69. The molecule has 0 aliphatic carbocycles. The number of hydrogen-bond acceptors (Lipinski definition) is 4. The number of thiazole rings is 1. The minimum atomic E-state index is -4.45. The summed E-state index contributed by atoms with van der Waals surface area (Å²) in [6.07, 6.45) is -4.45. The third-order valence-electron chi connectivity index (χ3n) is 4.87. The molecule has 3 aromatic rings. The van der Waals surface area contributed by atoms with Crippen molar-refractivity contribution < 1.29 is 21.6 Å². The monoisotopic (exact) mass is 503 g/mol. The van der Waals surface area contributed by atoms with Crippen LogP contribution >= 0.6 is 22.9 Å². The Morgan fingerprint density at radius 2 is 1.81 bits per heavy atom. The zero-order valence-corrected chi connectivity index (χ0v) is 19.9. The topological polar surface area (TPSA) is 54.7 Å². The highest BCUT2D eigenvalue weighted by Gasteiger charge is 2.30. The smallest absolute Gasteiger partial charge is 0.320 e. The van der Waals surface area contributed by atoms with Crippen LogP contribution in [0.15, 0.2) is 57.7 Å². The molecule has 0 atom stereocenters. The average Bonchev–Trinajstić information content (AvgIpc) is 3.09. The lowest BCUT2D eigenvalue weighted by Gasteiger charge is -2.19. The molecule has 5 nitrogen and oxygen atoms in total. The van der Waals surface area contributed by atoms with Gasteiger partial charge in [0.1, 0.15) is 4.90 Å². The summed E-state index contributed by atoms with van der Waals surface area (Å²) in [5, 5.41) is 1.89. The zero-order valence-electron chi connectivity index (χ0n) is 17.5. The molecule has 0 spiro atoms. The summed E-state index contributed by atoms with van der Waals surface area (Å²) in [5.74, 6) is 0. The molecule has 172 valence electrons. The molecule has 11 heteroatoms. The number of alkyl halides is 3. The van der Waals surface area contributed by atoms with E-state index in [1.165, 1.54) is 39.9 Å². The molecule has 1 aromatic heterocycles. The van der Waals surface area contributed by atoms with Gasteiger partial charge in [-0.2, -0.15) is 17.5 Å². The lowest BCUT2D eigenvalue weighted by Crippen LogP contribution is -2.30. The molecule has 0 fully saturated rings. The van der Waals surface area contributed by atoms with E-state index in [1.807, 2.05) is 0 Å². The summed E-state index contributed by atoms with van der Waals surface area (Å²) in [6.45, 7) is 4.12.